The summed E-state index contributed by atoms with van der Waals surface area (Å²) in [5, 5.41) is 7.47. The summed E-state index contributed by atoms with van der Waals surface area (Å²) in [6.45, 7) is 8.48. The Labute approximate surface area is 171 Å². The van der Waals surface area contributed by atoms with Crippen molar-refractivity contribution < 1.29 is 19.0 Å². The third-order valence-corrected chi connectivity index (χ3v) is 5.25. The zero-order valence-corrected chi connectivity index (χ0v) is 17.6. The molecule has 2 aromatic rings. The Morgan fingerprint density at radius 3 is 2.59 bits per heavy atom. The summed E-state index contributed by atoms with van der Waals surface area (Å²) in [6, 6.07) is 5.70. The van der Waals surface area contributed by atoms with Crippen molar-refractivity contribution in [3.05, 3.63) is 30.6 Å². The van der Waals surface area contributed by atoms with Gasteiger partial charge in [0.15, 0.2) is 11.5 Å². The number of rotatable bonds is 8. The molecule has 1 saturated heterocycles. The lowest BCUT2D eigenvalue weighted by atomic mass is 10.0. The summed E-state index contributed by atoms with van der Waals surface area (Å²) in [6.07, 6.45) is 3.63. The van der Waals surface area contributed by atoms with Gasteiger partial charge in [0, 0.05) is 37.9 Å². The smallest absolute Gasteiger partial charge is 0.247 e. The highest BCUT2D eigenvalue weighted by Gasteiger charge is 2.30. The molecule has 1 aliphatic rings. The van der Waals surface area contributed by atoms with E-state index in [-0.39, 0.29) is 5.91 Å². The van der Waals surface area contributed by atoms with Gasteiger partial charge in [-0.3, -0.25) is 14.4 Å². The van der Waals surface area contributed by atoms with E-state index in [4.69, 9.17) is 14.2 Å². The molecule has 0 spiro atoms. The first-order valence-corrected chi connectivity index (χ1v) is 9.81. The normalized spacial score (nSPS) is 15.2. The Morgan fingerprint density at radius 2 is 1.90 bits per heavy atom. The molecule has 8 nitrogen and oxygen atoms in total. The molecule has 1 aromatic carbocycles. The predicted molar refractivity (Wildman–Crippen MR) is 110 cm³/mol. The molecule has 1 aliphatic heterocycles. The van der Waals surface area contributed by atoms with E-state index in [1.807, 2.05) is 38.2 Å². The highest BCUT2D eigenvalue weighted by molar-refractivity contribution is 5.83. The van der Waals surface area contributed by atoms with Crippen LogP contribution in [0.2, 0.25) is 0 Å². The standard InChI is InChI=1S/C21H30N4O4/c1-21(2,20(26)22-7-8-24-9-11-29-12-10-24)25-15-17(14-23-25)16-5-6-18(27-3)19(13-16)28-4/h5-6,13-15H,7-12H2,1-4H3,(H,22,26). The maximum absolute atomic E-state index is 12.8. The van der Waals surface area contributed by atoms with E-state index < -0.39 is 5.54 Å². The van der Waals surface area contributed by atoms with Crippen molar-refractivity contribution in [1.29, 1.82) is 0 Å². The molecule has 3 rings (SSSR count). The number of benzene rings is 1. The molecule has 0 aliphatic carbocycles. The number of methoxy groups -OCH3 is 2. The molecule has 8 heteroatoms. The number of ether oxygens (including phenoxy) is 3. The third-order valence-electron chi connectivity index (χ3n) is 5.25. The van der Waals surface area contributed by atoms with Crippen LogP contribution in [0.25, 0.3) is 11.1 Å². The Bertz CT molecular complexity index is 828. The van der Waals surface area contributed by atoms with E-state index in [9.17, 15) is 4.79 Å². The predicted octanol–water partition coefficient (Wildman–Crippen LogP) is 1.75. The fourth-order valence-electron chi connectivity index (χ4n) is 3.27. The van der Waals surface area contributed by atoms with Crippen molar-refractivity contribution in [2.24, 2.45) is 0 Å². The van der Waals surface area contributed by atoms with Crippen molar-refractivity contribution in [1.82, 2.24) is 20.0 Å². The van der Waals surface area contributed by atoms with E-state index in [1.54, 1.807) is 25.1 Å². The first-order chi connectivity index (χ1) is 14.0. The van der Waals surface area contributed by atoms with Gasteiger partial charge in [-0.25, -0.2) is 0 Å². The number of carbonyl (C=O) groups is 1. The second-order valence-electron chi connectivity index (χ2n) is 7.51. The summed E-state index contributed by atoms with van der Waals surface area (Å²) < 4.78 is 17.7. The van der Waals surface area contributed by atoms with E-state index in [0.717, 1.165) is 44.0 Å². The van der Waals surface area contributed by atoms with Gasteiger partial charge >= 0.3 is 0 Å². The zero-order chi connectivity index (χ0) is 20.9. The van der Waals surface area contributed by atoms with Gasteiger partial charge in [0.05, 0.1) is 33.6 Å². The number of hydrogen-bond donors (Lipinski definition) is 1. The minimum Gasteiger partial charge on any atom is -0.493 e. The lowest BCUT2D eigenvalue weighted by Crippen LogP contribution is -2.48. The van der Waals surface area contributed by atoms with Crippen molar-refractivity contribution in [2.75, 3.05) is 53.6 Å². The first-order valence-electron chi connectivity index (χ1n) is 9.81. The van der Waals surface area contributed by atoms with Crippen LogP contribution < -0.4 is 14.8 Å². The maximum atomic E-state index is 12.8. The Morgan fingerprint density at radius 1 is 1.17 bits per heavy atom. The average molecular weight is 402 g/mol. The summed E-state index contributed by atoms with van der Waals surface area (Å²) in [5.41, 5.74) is 1.04. The molecule has 1 fully saturated rings. The molecule has 0 saturated carbocycles. The fraction of sp³-hybridized carbons (Fsp3) is 0.524. The minimum absolute atomic E-state index is 0.0623. The van der Waals surface area contributed by atoms with Crippen molar-refractivity contribution >= 4 is 5.91 Å². The van der Waals surface area contributed by atoms with E-state index in [1.165, 1.54) is 0 Å². The second-order valence-corrected chi connectivity index (χ2v) is 7.51. The maximum Gasteiger partial charge on any atom is 0.247 e. The average Bonchev–Trinajstić information content (AvgIpc) is 3.25. The Hall–Kier alpha value is -2.58. The van der Waals surface area contributed by atoms with Gasteiger partial charge in [0.2, 0.25) is 5.91 Å². The van der Waals surface area contributed by atoms with Crippen LogP contribution in [-0.2, 0) is 15.1 Å². The van der Waals surface area contributed by atoms with Crippen LogP contribution in [0.1, 0.15) is 13.8 Å². The van der Waals surface area contributed by atoms with Crippen molar-refractivity contribution in [2.45, 2.75) is 19.4 Å². The van der Waals surface area contributed by atoms with Gasteiger partial charge in [-0.1, -0.05) is 6.07 Å². The van der Waals surface area contributed by atoms with E-state index in [2.05, 4.69) is 15.3 Å². The quantitative estimate of drug-likeness (QED) is 0.725. The monoisotopic (exact) mass is 402 g/mol. The molecule has 0 atom stereocenters. The van der Waals surface area contributed by atoms with Crippen molar-refractivity contribution in [3.8, 4) is 22.6 Å². The fourth-order valence-corrected chi connectivity index (χ4v) is 3.27. The van der Waals surface area contributed by atoms with Crippen LogP contribution >= 0.6 is 0 Å². The van der Waals surface area contributed by atoms with Gasteiger partial charge in [0.1, 0.15) is 5.54 Å². The molecule has 2 heterocycles. The van der Waals surface area contributed by atoms with Gasteiger partial charge in [-0.05, 0) is 31.5 Å². The zero-order valence-electron chi connectivity index (χ0n) is 17.6. The van der Waals surface area contributed by atoms with Crippen LogP contribution in [0, 0.1) is 0 Å². The highest BCUT2D eigenvalue weighted by atomic mass is 16.5. The SMILES string of the molecule is COc1ccc(-c2cnn(C(C)(C)C(=O)NCCN3CCOCC3)c2)cc1OC. The van der Waals surface area contributed by atoms with Crippen LogP contribution in [-0.4, -0.2) is 74.2 Å². The van der Waals surface area contributed by atoms with Gasteiger partial charge < -0.3 is 19.5 Å². The molecule has 0 radical (unpaired) electrons. The van der Waals surface area contributed by atoms with Crippen LogP contribution in [0.3, 0.4) is 0 Å². The third kappa shape index (κ3) is 4.89. The molecule has 1 N–H and O–H groups in total. The van der Waals surface area contributed by atoms with E-state index in [0.29, 0.717) is 18.0 Å². The van der Waals surface area contributed by atoms with Crippen LogP contribution in [0.15, 0.2) is 30.6 Å². The summed E-state index contributed by atoms with van der Waals surface area (Å²) >= 11 is 0. The van der Waals surface area contributed by atoms with Gasteiger partial charge in [0.25, 0.3) is 0 Å². The molecule has 1 amide bonds. The molecule has 0 bridgehead atoms. The van der Waals surface area contributed by atoms with Crippen molar-refractivity contribution in [3.63, 3.8) is 0 Å². The molecule has 0 unspecified atom stereocenters. The number of nitrogens with one attached hydrogen (secondary N) is 1. The molecule has 1 aromatic heterocycles. The number of morpholine rings is 1. The lowest BCUT2D eigenvalue weighted by molar-refractivity contribution is -0.128. The molecular weight excluding hydrogens is 372 g/mol. The Kier molecular flexibility index (Phi) is 6.76. The highest BCUT2D eigenvalue weighted by Crippen LogP contribution is 2.32. The number of amides is 1. The van der Waals surface area contributed by atoms with Crippen LogP contribution in [0.5, 0.6) is 11.5 Å². The number of hydrogen-bond acceptors (Lipinski definition) is 6. The van der Waals surface area contributed by atoms with Crippen LogP contribution in [0.4, 0.5) is 0 Å². The largest absolute Gasteiger partial charge is 0.493 e. The molecular formula is C21H30N4O4. The molecule has 158 valence electrons. The first kappa shape index (κ1) is 21.1. The summed E-state index contributed by atoms with van der Waals surface area (Å²) in [4.78, 5) is 15.1. The molecule has 29 heavy (non-hydrogen) atoms. The topological polar surface area (TPSA) is 77.9 Å². The number of carbonyl (C=O) groups excluding carboxylic acids is 1. The number of nitrogens with zero attached hydrogens (tertiary/aromatic N) is 3. The number of aromatic nitrogens is 2. The van der Waals surface area contributed by atoms with Gasteiger partial charge in [-0.2, -0.15) is 5.10 Å². The second kappa shape index (κ2) is 9.28. The van der Waals surface area contributed by atoms with E-state index >= 15 is 0 Å². The minimum atomic E-state index is -0.806. The Balaban J connectivity index is 1.65. The van der Waals surface area contributed by atoms with Gasteiger partial charge in [-0.15, -0.1) is 0 Å². The summed E-state index contributed by atoms with van der Waals surface area (Å²) in [5.74, 6) is 1.26. The lowest BCUT2D eigenvalue weighted by Gasteiger charge is -2.28. The summed E-state index contributed by atoms with van der Waals surface area (Å²) in [7, 11) is 3.21.